The summed E-state index contributed by atoms with van der Waals surface area (Å²) in [5, 5.41) is 14.1. The summed E-state index contributed by atoms with van der Waals surface area (Å²) in [6.07, 6.45) is 4.37. The predicted octanol–water partition coefficient (Wildman–Crippen LogP) is 3.86. The highest BCUT2D eigenvalue weighted by Crippen LogP contribution is 2.06. The lowest BCUT2D eigenvalue weighted by Crippen LogP contribution is -2.42. The van der Waals surface area contributed by atoms with Gasteiger partial charge in [-0.25, -0.2) is 0 Å². The van der Waals surface area contributed by atoms with E-state index in [0.29, 0.717) is 31.9 Å². The van der Waals surface area contributed by atoms with Crippen LogP contribution in [0.15, 0.2) is 30.3 Å². The van der Waals surface area contributed by atoms with Gasteiger partial charge in [-0.3, -0.25) is 9.59 Å². The zero-order valence-electron chi connectivity index (χ0n) is 22.0. The highest BCUT2D eigenvalue weighted by molar-refractivity contribution is 7.98. The second kappa shape index (κ2) is 29.8. The van der Waals surface area contributed by atoms with Crippen molar-refractivity contribution in [1.82, 2.24) is 10.6 Å². The number of rotatable bonds is 14. The molecule has 0 aromatic heterocycles. The van der Waals surface area contributed by atoms with E-state index in [1.807, 2.05) is 55.9 Å². The molecule has 0 aliphatic carbocycles. The largest absolute Gasteiger partial charge is 0.480 e. The molecule has 1 aromatic carbocycles. The van der Waals surface area contributed by atoms with E-state index >= 15 is 0 Å². The number of benzene rings is 1. The number of hydrogen-bond acceptors (Lipinski definition) is 7. The number of carboxylic acid groups (broad SMARTS) is 1. The van der Waals surface area contributed by atoms with E-state index in [9.17, 15) is 9.59 Å². The number of nitrogens with one attached hydrogen (secondary N) is 2. The summed E-state index contributed by atoms with van der Waals surface area (Å²) in [4.78, 5) is 22.7. The molecule has 0 heterocycles. The quantitative estimate of drug-likeness (QED) is 0.187. The fourth-order valence-electron chi connectivity index (χ4n) is 1.96. The van der Waals surface area contributed by atoms with Crippen molar-refractivity contribution >= 4 is 36.3 Å². The van der Waals surface area contributed by atoms with Gasteiger partial charge in [0, 0.05) is 31.3 Å². The number of nitrogens with two attached hydrogens (primary N) is 1. The second-order valence-electron chi connectivity index (χ2n) is 6.88. The van der Waals surface area contributed by atoms with E-state index in [2.05, 4.69) is 50.3 Å². The van der Waals surface area contributed by atoms with Crippen LogP contribution in [0.5, 0.6) is 0 Å². The summed E-state index contributed by atoms with van der Waals surface area (Å²) in [6, 6.07) is 9.39. The Hall–Kier alpha value is -1.26. The lowest BCUT2D eigenvalue weighted by Gasteiger charge is -2.18. The van der Waals surface area contributed by atoms with E-state index in [1.165, 1.54) is 18.6 Å². The number of aliphatic carboxylic acids is 1. The Morgan fingerprint density at radius 1 is 1.15 bits per heavy atom. The summed E-state index contributed by atoms with van der Waals surface area (Å²) in [5.41, 5.74) is 6.68. The van der Waals surface area contributed by atoms with Gasteiger partial charge >= 0.3 is 5.97 Å². The Balaban J connectivity index is -0.000000816. The van der Waals surface area contributed by atoms with Crippen LogP contribution in [-0.4, -0.2) is 73.1 Å². The number of thioether (sulfide) groups is 1. The van der Waals surface area contributed by atoms with Crippen LogP contribution in [0.4, 0.5) is 0 Å². The van der Waals surface area contributed by atoms with E-state index in [0.717, 1.165) is 5.56 Å². The highest BCUT2D eigenvalue weighted by atomic mass is 32.2. The molecule has 0 radical (unpaired) electrons. The average molecular weight is 520 g/mol. The molecule has 0 bridgehead atoms. The number of unbranched alkanes of at least 4 members (excludes halogenated alkanes) is 1. The molecule has 2 atom stereocenters. The molecular formula is C25H49N3O4S2. The zero-order valence-corrected chi connectivity index (χ0v) is 23.7. The van der Waals surface area contributed by atoms with E-state index in [4.69, 9.17) is 15.6 Å². The Kier molecular flexibility index (Phi) is 32.7. The van der Waals surface area contributed by atoms with Gasteiger partial charge in [0.25, 0.3) is 0 Å². The van der Waals surface area contributed by atoms with Crippen molar-refractivity contribution in [3.63, 3.8) is 0 Å². The van der Waals surface area contributed by atoms with Crippen LogP contribution in [0.3, 0.4) is 0 Å². The number of hydrogen-bond donors (Lipinski definition) is 5. The summed E-state index contributed by atoms with van der Waals surface area (Å²) in [6.45, 7) is 11.5. The van der Waals surface area contributed by atoms with Gasteiger partial charge in [-0.05, 0) is 17.6 Å². The Morgan fingerprint density at radius 3 is 2.15 bits per heavy atom. The number of carbonyl (C=O) groups is 2. The maximum absolute atomic E-state index is 12.1. The highest BCUT2D eigenvalue weighted by Gasteiger charge is 2.20. The molecule has 0 saturated heterocycles. The summed E-state index contributed by atoms with van der Waals surface area (Å²) in [5.74, 6) is 0.291. The van der Waals surface area contributed by atoms with Crippen molar-refractivity contribution in [3.8, 4) is 0 Å². The first-order valence-electron chi connectivity index (χ1n) is 12.1. The minimum absolute atomic E-state index is 0.0349. The van der Waals surface area contributed by atoms with Gasteiger partial charge in [0.1, 0.15) is 12.6 Å². The first kappa shape index (κ1) is 37.3. The number of thiol groups is 1. The van der Waals surface area contributed by atoms with Gasteiger partial charge in [-0.15, -0.1) is 0 Å². The summed E-state index contributed by atoms with van der Waals surface area (Å²) >= 11 is 5.95. The normalized spacial score (nSPS) is 11.3. The maximum Gasteiger partial charge on any atom is 0.322 e. The van der Waals surface area contributed by atoms with Crippen LogP contribution in [0.25, 0.3) is 0 Å². The first-order valence-corrected chi connectivity index (χ1v) is 14.1. The van der Waals surface area contributed by atoms with Crippen LogP contribution in [-0.2, 0) is 20.7 Å². The fraction of sp³-hybridized carbons (Fsp3) is 0.680. The molecule has 7 nitrogen and oxygen atoms in total. The maximum atomic E-state index is 12.1. The lowest BCUT2D eigenvalue weighted by atomic mass is 10.1. The van der Waals surface area contributed by atoms with E-state index in [1.54, 1.807) is 0 Å². The molecule has 0 fully saturated rings. The molecular weight excluding hydrogens is 470 g/mol. The minimum atomic E-state index is -1.09. The molecule has 0 spiro atoms. The SMILES string of the molecule is CC.CCCC.CCSC.NC(CS)CNCCOC(Cc1ccccc1)C(=O)NCC(=O)O. The molecule has 0 saturated carbocycles. The van der Waals surface area contributed by atoms with E-state index in [-0.39, 0.29) is 6.04 Å². The van der Waals surface area contributed by atoms with Crippen LogP contribution < -0.4 is 16.4 Å². The molecule has 5 N–H and O–H groups in total. The third-order valence-corrected chi connectivity index (χ3v) is 5.04. The standard InChI is InChI=1S/C16H25N3O4S.C4H10.C3H8S.C2H6/c17-13(11-24)9-18-6-7-23-14(16(22)19-10-15(20)21)8-12-4-2-1-3-5-12;2*1-3-4-2;1-2/h1-5,13-14,18,24H,6-11,17H2,(H,19,22)(H,20,21);3-4H2,1-2H3;3H2,1-2H3;1-2H3. The molecule has 1 rings (SSSR count). The second-order valence-corrected chi connectivity index (χ2v) is 8.40. The number of carboxylic acids is 1. The van der Waals surface area contributed by atoms with Gasteiger partial charge < -0.3 is 26.2 Å². The van der Waals surface area contributed by atoms with Crippen molar-refractivity contribution < 1.29 is 19.4 Å². The van der Waals surface area contributed by atoms with Crippen LogP contribution in [0.2, 0.25) is 0 Å². The summed E-state index contributed by atoms with van der Waals surface area (Å²) in [7, 11) is 0. The lowest BCUT2D eigenvalue weighted by molar-refractivity contribution is -0.140. The van der Waals surface area contributed by atoms with E-state index < -0.39 is 24.5 Å². The Morgan fingerprint density at radius 2 is 1.71 bits per heavy atom. The molecule has 1 aromatic rings. The average Bonchev–Trinajstić information content (AvgIpc) is 2.88. The van der Waals surface area contributed by atoms with Gasteiger partial charge in [0.2, 0.25) is 5.91 Å². The van der Waals surface area contributed by atoms with Crippen LogP contribution >= 0.6 is 24.4 Å². The van der Waals surface area contributed by atoms with Gasteiger partial charge in [-0.2, -0.15) is 24.4 Å². The molecule has 0 aliphatic rings. The fourth-order valence-corrected chi connectivity index (χ4v) is 2.09. The van der Waals surface area contributed by atoms with Gasteiger partial charge in [-0.1, -0.05) is 77.8 Å². The third-order valence-electron chi connectivity index (χ3n) is 4.00. The molecule has 34 heavy (non-hydrogen) atoms. The Labute approximate surface area is 217 Å². The van der Waals surface area contributed by atoms with Crippen LogP contribution in [0.1, 0.15) is 53.0 Å². The zero-order chi connectivity index (χ0) is 26.6. The van der Waals surface area contributed by atoms with Crippen molar-refractivity contribution in [2.24, 2.45) is 5.73 Å². The van der Waals surface area contributed by atoms with Crippen molar-refractivity contribution in [2.45, 2.75) is 66.0 Å². The number of amides is 1. The summed E-state index contributed by atoms with van der Waals surface area (Å²) < 4.78 is 5.63. The monoisotopic (exact) mass is 519 g/mol. The van der Waals surface area contributed by atoms with Crippen molar-refractivity contribution in [2.75, 3.05) is 44.0 Å². The van der Waals surface area contributed by atoms with Gasteiger partial charge in [0.05, 0.1) is 6.61 Å². The molecule has 1 amide bonds. The topological polar surface area (TPSA) is 114 Å². The smallest absolute Gasteiger partial charge is 0.322 e. The van der Waals surface area contributed by atoms with Crippen LogP contribution in [0, 0.1) is 0 Å². The van der Waals surface area contributed by atoms with Gasteiger partial charge in [0.15, 0.2) is 0 Å². The number of ether oxygens (including phenoxy) is 1. The predicted molar refractivity (Wildman–Crippen MR) is 151 cm³/mol. The molecule has 0 aliphatic heterocycles. The molecule has 200 valence electrons. The van der Waals surface area contributed by atoms with Crippen molar-refractivity contribution in [1.29, 1.82) is 0 Å². The molecule has 9 heteroatoms. The third kappa shape index (κ3) is 27.0. The first-order chi connectivity index (χ1) is 16.4. The number of carbonyl (C=O) groups excluding carboxylic acids is 1. The minimum Gasteiger partial charge on any atom is -0.480 e. The Bertz CT molecular complexity index is 558. The molecule has 2 unspecified atom stereocenters. The van der Waals surface area contributed by atoms with Crippen molar-refractivity contribution in [3.05, 3.63) is 35.9 Å².